The zero-order valence-corrected chi connectivity index (χ0v) is 38.2. The molecule has 342 valence electrons. The number of fused-ring (bicyclic) bond motifs is 4. The van der Waals surface area contributed by atoms with Crippen LogP contribution < -0.4 is 0 Å². The van der Waals surface area contributed by atoms with Gasteiger partial charge >= 0.3 is 6.16 Å². The van der Waals surface area contributed by atoms with E-state index in [0.29, 0.717) is 54.7 Å². The lowest BCUT2D eigenvalue weighted by atomic mass is 9.49. The first-order chi connectivity index (χ1) is 26.9. The van der Waals surface area contributed by atoms with Gasteiger partial charge in [0, 0.05) is 15.8 Å². The van der Waals surface area contributed by atoms with Gasteiger partial charge in [-0.05, 0) is 133 Å². The van der Waals surface area contributed by atoms with Crippen molar-refractivity contribution in [1.82, 2.24) is 4.90 Å². The third-order valence-electron chi connectivity index (χ3n) is 15.5. The SMILES string of the molecule is C.C=C.CC.CC.CCC.COC(=O)OCC1CC=C2C(CC3C4CCC5C(C)(C)C[C@@H](COC6CN(C(=O)CC7CC7)CCO6)CCC56C(C)C46CC[C@]23C)O1.O.[HH].[HH]. The topological polar surface area (TPSA) is 115 Å². The zero-order chi connectivity index (χ0) is 41.5. The zero-order valence-electron chi connectivity index (χ0n) is 38.2. The van der Waals surface area contributed by atoms with E-state index in [-0.39, 0.29) is 57.6 Å². The van der Waals surface area contributed by atoms with Gasteiger partial charge in [-0.1, -0.05) is 89.2 Å². The predicted octanol–water partition coefficient (Wildman–Crippen LogP) is 11.7. The van der Waals surface area contributed by atoms with Crippen LogP contribution in [0.3, 0.4) is 0 Å². The normalized spacial score (nSPS) is 38.2. The molecule has 9 nitrogen and oxygen atoms in total. The summed E-state index contributed by atoms with van der Waals surface area (Å²) in [6.07, 6.45) is 16.9. The van der Waals surface area contributed by atoms with Crippen molar-refractivity contribution >= 4 is 12.1 Å². The van der Waals surface area contributed by atoms with Gasteiger partial charge in [0.25, 0.3) is 0 Å². The lowest BCUT2D eigenvalue weighted by molar-refractivity contribution is -0.191. The van der Waals surface area contributed by atoms with Crippen molar-refractivity contribution in [3.05, 3.63) is 24.8 Å². The van der Waals surface area contributed by atoms with Crippen molar-refractivity contribution in [2.24, 2.45) is 57.2 Å². The Hall–Kier alpha value is -1.94. The molecule has 2 N–H and O–H groups in total. The number of nitrogens with zero attached hydrogens (tertiary/aromatic N) is 1. The minimum atomic E-state index is -0.633. The van der Waals surface area contributed by atoms with Crippen molar-refractivity contribution in [2.45, 2.75) is 179 Å². The molecule has 0 bridgehead atoms. The maximum atomic E-state index is 12.8. The molecule has 7 fully saturated rings. The van der Waals surface area contributed by atoms with Crippen LogP contribution in [0.25, 0.3) is 0 Å². The van der Waals surface area contributed by atoms with Gasteiger partial charge < -0.3 is 34.1 Å². The van der Waals surface area contributed by atoms with E-state index in [2.05, 4.69) is 65.5 Å². The summed E-state index contributed by atoms with van der Waals surface area (Å²) in [6.45, 7) is 31.4. The van der Waals surface area contributed by atoms with Gasteiger partial charge in [0.15, 0.2) is 6.29 Å². The van der Waals surface area contributed by atoms with E-state index in [1.54, 1.807) is 0 Å². The summed E-state index contributed by atoms with van der Waals surface area (Å²) in [5.41, 5.74) is 2.91. The van der Waals surface area contributed by atoms with Crippen LogP contribution >= 0.6 is 0 Å². The van der Waals surface area contributed by atoms with E-state index in [0.717, 1.165) is 37.2 Å². The van der Waals surface area contributed by atoms with Gasteiger partial charge in [0.05, 0.1) is 39.1 Å². The molecule has 9 heteroatoms. The standard InChI is InChI=1S/C39H59NO7.C3H8.2C2H6.C2H4.CH4.H2O.2H2/c1-24-38-15-14-37(4)29-9-8-27(23-46-35(42)43-5)47-31(29)19-30(37)28(38)10-11-32-36(2,3)20-26(12-13-39(24,32)38)22-45-34-21-40(16-17-44-34)33(41)18-25-6-7-25;1-3-2;3*1-2;;;;/h9,24-28,30-32,34H,6-8,10-23H2,1-5H3;3H2,1-2H3;2*1-2H3;1-2H2;1H4;1H2;2*1H/t24?,26-,27?,28?,30?,31?,32?,34?,37+,38?,39?;;;;;;;;/m0......../s1. The van der Waals surface area contributed by atoms with E-state index in [1.165, 1.54) is 76.9 Å². The molecule has 2 spiro atoms. The number of hydrogen-bond donors (Lipinski definition) is 0. The van der Waals surface area contributed by atoms with Gasteiger partial charge in [0.1, 0.15) is 6.61 Å². The van der Waals surface area contributed by atoms with E-state index in [4.69, 9.17) is 18.9 Å². The van der Waals surface area contributed by atoms with Crippen LogP contribution in [-0.4, -0.2) is 81.0 Å². The molecule has 0 aromatic carbocycles. The molecule has 0 aromatic rings. The molecule has 9 unspecified atom stereocenters. The van der Waals surface area contributed by atoms with Crippen molar-refractivity contribution in [3.63, 3.8) is 0 Å². The van der Waals surface area contributed by atoms with Crippen LogP contribution in [0.4, 0.5) is 4.79 Å². The van der Waals surface area contributed by atoms with Gasteiger partial charge in [-0.2, -0.15) is 0 Å². The number of ether oxygens (including phenoxy) is 5. The highest BCUT2D eigenvalue weighted by Crippen LogP contribution is 2.89. The van der Waals surface area contributed by atoms with E-state index >= 15 is 0 Å². The quantitative estimate of drug-likeness (QED) is 0.185. The summed E-state index contributed by atoms with van der Waals surface area (Å²) in [7, 11) is 1.35. The van der Waals surface area contributed by atoms with Crippen molar-refractivity contribution in [1.29, 1.82) is 0 Å². The predicted molar refractivity (Wildman–Crippen MR) is 241 cm³/mol. The van der Waals surface area contributed by atoms with Crippen LogP contribution in [0.2, 0.25) is 0 Å². The molecule has 58 heavy (non-hydrogen) atoms. The first kappa shape index (κ1) is 52.2. The van der Waals surface area contributed by atoms with Crippen LogP contribution in [-0.2, 0) is 28.5 Å². The second kappa shape index (κ2) is 22.2. The molecule has 8 rings (SSSR count). The van der Waals surface area contributed by atoms with Gasteiger partial charge in [-0.3, -0.25) is 4.79 Å². The number of amides is 1. The first-order valence-corrected chi connectivity index (χ1v) is 23.0. The Kier molecular flexibility index (Phi) is 20.0. The summed E-state index contributed by atoms with van der Waals surface area (Å²) in [5.74, 6) is 4.37. The fraction of sp³-hybridized carbons (Fsp3) is 0.878. The number of carbonyl (C=O) groups excluding carboxylic acids is 2. The maximum absolute atomic E-state index is 12.8. The first-order valence-electron chi connectivity index (χ1n) is 23.0. The number of rotatable bonds is 7. The van der Waals surface area contributed by atoms with Crippen LogP contribution in [0.5, 0.6) is 0 Å². The van der Waals surface area contributed by atoms with Crippen molar-refractivity contribution < 1.29 is 41.6 Å². The average molecular weight is 824 g/mol. The summed E-state index contributed by atoms with van der Waals surface area (Å²) in [5, 5.41) is 0. The minimum absolute atomic E-state index is 0. The van der Waals surface area contributed by atoms with Gasteiger partial charge in [-0.15, -0.1) is 13.2 Å². The smallest absolute Gasteiger partial charge is 0.438 e. The average Bonchev–Trinajstić information content (AvgIpc) is 4.11. The Morgan fingerprint density at radius 1 is 0.931 bits per heavy atom. The van der Waals surface area contributed by atoms with Crippen molar-refractivity contribution in [2.75, 3.05) is 40.0 Å². The number of hydrogen-bond acceptors (Lipinski definition) is 7. The highest BCUT2D eigenvalue weighted by Gasteiger charge is 2.83. The highest BCUT2D eigenvalue weighted by atomic mass is 16.7. The Morgan fingerprint density at radius 3 is 2.24 bits per heavy atom. The number of methoxy groups -OCH3 is 1. The molecule has 6 aliphatic carbocycles. The molecule has 11 atom stereocenters. The number of carbonyl (C=O) groups is 2. The monoisotopic (exact) mass is 824 g/mol. The van der Waals surface area contributed by atoms with E-state index < -0.39 is 6.16 Å². The van der Waals surface area contributed by atoms with Crippen LogP contribution in [0.15, 0.2) is 24.8 Å². The molecule has 0 aromatic heterocycles. The summed E-state index contributed by atoms with van der Waals surface area (Å²) in [4.78, 5) is 26.4. The molecule has 2 aliphatic heterocycles. The third kappa shape index (κ3) is 9.89. The minimum Gasteiger partial charge on any atom is -0.438 e. The van der Waals surface area contributed by atoms with Crippen molar-refractivity contribution in [3.8, 4) is 0 Å². The molecular weight excluding hydrogens is 731 g/mol. The lowest BCUT2D eigenvalue weighted by Crippen LogP contribution is -2.48. The molecule has 1 amide bonds. The molecule has 2 heterocycles. The fourth-order valence-electron chi connectivity index (χ4n) is 13.4. The summed E-state index contributed by atoms with van der Waals surface area (Å²) >= 11 is 0. The van der Waals surface area contributed by atoms with Crippen LogP contribution in [0.1, 0.15) is 163 Å². The molecule has 0 radical (unpaired) electrons. The molecule has 6 saturated carbocycles. The lowest BCUT2D eigenvalue weighted by Gasteiger charge is -2.55. The molecule has 1 saturated heterocycles. The second-order valence-corrected chi connectivity index (χ2v) is 18.6. The van der Waals surface area contributed by atoms with Gasteiger partial charge in [-0.25, -0.2) is 4.79 Å². The summed E-state index contributed by atoms with van der Waals surface area (Å²) < 4.78 is 29.2. The maximum Gasteiger partial charge on any atom is 0.508 e. The molecular formula is C49H93NO8. The molecule has 8 aliphatic rings. The largest absolute Gasteiger partial charge is 0.508 e. The van der Waals surface area contributed by atoms with E-state index in [1.807, 2.05) is 32.6 Å². The fourth-order valence-corrected chi connectivity index (χ4v) is 13.4. The Labute approximate surface area is 358 Å². The summed E-state index contributed by atoms with van der Waals surface area (Å²) in [6, 6.07) is 0. The third-order valence-corrected chi connectivity index (χ3v) is 15.5. The highest BCUT2D eigenvalue weighted by molar-refractivity contribution is 5.76. The van der Waals surface area contributed by atoms with Crippen LogP contribution in [0, 0.1) is 57.2 Å². The Balaban J connectivity index is 0.00000250. The Morgan fingerprint density at radius 2 is 1.60 bits per heavy atom. The Bertz CT molecular complexity index is 1330. The van der Waals surface area contributed by atoms with Gasteiger partial charge in [0.2, 0.25) is 5.91 Å². The second-order valence-electron chi connectivity index (χ2n) is 18.6. The van der Waals surface area contributed by atoms with E-state index in [9.17, 15) is 9.59 Å². The number of morpholine rings is 1.